The zero-order valence-corrected chi connectivity index (χ0v) is 20.6. The Morgan fingerprint density at radius 1 is 1.13 bits per heavy atom. The van der Waals surface area contributed by atoms with Crippen molar-refractivity contribution >= 4 is 24.2 Å². The predicted molar refractivity (Wildman–Crippen MR) is 135 cm³/mol. The van der Waals surface area contributed by atoms with Crippen molar-refractivity contribution in [2.24, 2.45) is 5.92 Å². The first-order valence-electron chi connectivity index (χ1n) is 12.3. The summed E-state index contributed by atoms with van der Waals surface area (Å²) in [5, 5.41) is 6.33. The van der Waals surface area contributed by atoms with Crippen LogP contribution in [0.3, 0.4) is 0 Å². The Bertz CT molecular complexity index is 700. The number of piperazine rings is 1. The number of nitrogens with zero attached hydrogens (tertiary/aromatic N) is 2. The zero-order valence-electron chi connectivity index (χ0n) is 20.6. The number of aryl methyl sites for hydroxylation is 1. The number of rotatable bonds is 3. The summed E-state index contributed by atoms with van der Waals surface area (Å²) < 4.78 is 0. The minimum absolute atomic E-state index is 0.0387. The summed E-state index contributed by atoms with van der Waals surface area (Å²) in [7, 11) is 0. The van der Waals surface area contributed by atoms with Gasteiger partial charge in [0.25, 0.3) is 0 Å². The van der Waals surface area contributed by atoms with Crippen molar-refractivity contribution in [3.8, 4) is 0 Å². The monoisotopic (exact) mass is 426 g/mol. The topological polar surface area (TPSA) is 47.6 Å². The minimum atomic E-state index is -0.0387. The minimum Gasteiger partial charge on any atom is -0.314 e. The molecule has 1 unspecified atom stereocenters. The van der Waals surface area contributed by atoms with Crippen molar-refractivity contribution in [1.29, 1.82) is 0 Å². The number of amides is 2. The third-order valence-electron chi connectivity index (χ3n) is 6.62. The molecule has 0 radical (unpaired) electrons. The fourth-order valence-corrected chi connectivity index (χ4v) is 4.49. The molecule has 2 saturated heterocycles. The van der Waals surface area contributed by atoms with E-state index in [9.17, 15) is 4.79 Å². The summed E-state index contributed by atoms with van der Waals surface area (Å²) in [5.74, 6) is 1.03. The molecule has 3 aliphatic rings. The van der Waals surface area contributed by atoms with Crippen molar-refractivity contribution in [2.75, 3.05) is 31.1 Å². The van der Waals surface area contributed by atoms with Crippen LogP contribution in [0.2, 0.25) is 6.82 Å². The molecule has 1 aromatic carbocycles. The molecule has 0 bridgehead atoms. The predicted octanol–water partition coefficient (Wildman–Crippen LogP) is 4.29. The van der Waals surface area contributed by atoms with Gasteiger partial charge in [0.2, 0.25) is 0 Å². The molecule has 1 aromatic rings. The van der Waals surface area contributed by atoms with E-state index in [0.717, 1.165) is 42.2 Å². The van der Waals surface area contributed by atoms with Crippen LogP contribution < -0.4 is 15.5 Å². The molecule has 2 amide bonds. The maximum absolute atomic E-state index is 11.8. The van der Waals surface area contributed by atoms with Gasteiger partial charge in [-0.3, -0.25) is 4.90 Å². The van der Waals surface area contributed by atoms with Gasteiger partial charge in [-0.1, -0.05) is 27.2 Å². The van der Waals surface area contributed by atoms with Crippen LogP contribution in [0.5, 0.6) is 0 Å². The largest absolute Gasteiger partial charge is 0.314 e. The van der Waals surface area contributed by atoms with Gasteiger partial charge < -0.3 is 5.32 Å². The first-order valence-corrected chi connectivity index (χ1v) is 12.3. The second-order valence-corrected chi connectivity index (χ2v) is 8.67. The molecule has 31 heavy (non-hydrogen) atoms. The molecule has 2 N–H and O–H groups in total. The SMILES string of the molecule is CB=C1CCN(c2ccc(C)cc2)C(=O)N1.CC.CCC1CC(N2CCNCC2C)C1. The molecule has 1 aliphatic carbocycles. The van der Waals surface area contributed by atoms with E-state index in [1.165, 1.54) is 44.5 Å². The van der Waals surface area contributed by atoms with Gasteiger partial charge in [0.05, 0.1) is 0 Å². The molecule has 0 aromatic heterocycles. The molecule has 1 saturated carbocycles. The molecule has 4 rings (SSSR count). The van der Waals surface area contributed by atoms with E-state index in [0.29, 0.717) is 0 Å². The maximum atomic E-state index is 11.8. The fourth-order valence-electron chi connectivity index (χ4n) is 4.49. The molecule has 2 aliphatic heterocycles. The van der Waals surface area contributed by atoms with Gasteiger partial charge in [0.15, 0.2) is 0 Å². The Kier molecular flexibility index (Phi) is 10.8. The van der Waals surface area contributed by atoms with Gasteiger partial charge in [0.1, 0.15) is 0 Å². The maximum Gasteiger partial charge on any atom is 0.0195 e. The van der Waals surface area contributed by atoms with E-state index in [-0.39, 0.29) is 6.03 Å². The van der Waals surface area contributed by atoms with Crippen molar-refractivity contribution in [3.05, 3.63) is 29.8 Å². The van der Waals surface area contributed by atoms with E-state index in [2.05, 4.69) is 29.4 Å². The Labute approximate surface area is 190 Å². The Hall–Kier alpha value is -1.66. The number of anilines is 1. The van der Waals surface area contributed by atoms with Gasteiger partial charge in [-0.25, -0.2) is 0 Å². The number of hydrogen-bond acceptors (Lipinski definition) is 3. The second-order valence-electron chi connectivity index (χ2n) is 8.67. The quantitative estimate of drug-likeness (QED) is 0.709. The zero-order chi connectivity index (χ0) is 22.8. The molecule has 1 atom stereocenters. The molecule has 5 nitrogen and oxygen atoms in total. The van der Waals surface area contributed by atoms with Gasteiger partial charge >= 0.3 is 95.8 Å². The average Bonchev–Trinajstić information content (AvgIpc) is 2.77. The van der Waals surface area contributed by atoms with E-state index >= 15 is 0 Å². The number of carbonyl (C=O) groups is 1. The first kappa shape index (κ1) is 25.6. The summed E-state index contributed by atoms with van der Waals surface area (Å²) >= 11 is 0. The number of benzene rings is 1. The van der Waals surface area contributed by atoms with Gasteiger partial charge in [-0.05, 0) is 25.7 Å². The smallest absolute Gasteiger partial charge is 0.0195 e. The molecule has 172 valence electrons. The van der Waals surface area contributed by atoms with Crippen LogP contribution in [0.15, 0.2) is 24.3 Å². The Balaban J connectivity index is 0.000000208. The van der Waals surface area contributed by atoms with Crippen molar-refractivity contribution in [1.82, 2.24) is 15.5 Å². The summed E-state index contributed by atoms with van der Waals surface area (Å²) in [4.78, 5) is 16.3. The summed E-state index contributed by atoms with van der Waals surface area (Å²) in [6.07, 6.45) is 5.19. The molecule has 6 heteroatoms. The van der Waals surface area contributed by atoms with Crippen molar-refractivity contribution in [3.63, 3.8) is 0 Å². The van der Waals surface area contributed by atoms with E-state index in [4.69, 9.17) is 0 Å². The Morgan fingerprint density at radius 3 is 2.35 bits per heavy atom. The van der Waals surface area contributed by atoms with Crippen LogP contribution in [0.1, 0.15) is 58.9 Å². The van der Waals surface area contributed by atoms with Gasteiger partial charge in [-0.15, -0.1) is 0 Å². The number of carbonyl (C=O) groups excluding carboxylic acids is 1. The van der Waals surface area contributed by atoms with Gasteiger partial charge in [-0.2, -0.15) is 0 Å². The van der Waals surface area contributed by atoms with Crippen molar-refractivity contribution < 1.29 is 4.79 Å². The van der Waals surface area contributed by atoms with E-state index < -0.39 is 0 Å². The Morgan fingerprint density at radius 2 is 1.81 bits per heavy atom. The summed E-state index contributed by atoms with van der Waals surface area (Å²) in [6, 6.07) is 9.65. The molecular formula is C25H43BN4O. The van der Waals surface area contributed by atoms with Crippen LogP contribution in [-0.4, -0.2) is 61.7 Å². The third kappa shape index (κ3) is 7.18. The summed E-state index contributed by atoms with van der Waals surface area (Å²) in [5.41, 5.74) is 3.17. The molecular weight excluding hydrogens is 383 g/mol. The summed E-state index contributed by atoms with van der Waals surface area (Å²) in [6.45, 7) is 19.0. The number of urea groups is 1. The van der Waals surface area contributed by atoms with Crippen LogP contribution in [0.4, 0.5) is 10.5 Å². The first-order chi connectivity index (χ1) is 15.0. The number of hydrogen-bond donors (Lipinski definition) is 2. The third-order valence-corrected chi connectivity index (χ3v) is 6.62. The molecule has 3 fully saturated rings. The van der Waals surface area contributed by atoms with Crippen LogP contribution in [0.25, 0.3) is 0 Å². The molecule has 2 heterocycles. The van der Waals surface area contributed by atoms with E-state index in [1.807, 2.05) is 58.8 Å². The standard InChI is InChI=1S/C12H15BN2O.C11H22N2.C2H6/c1-9-3-5-10(6-4-9)15-8-7-11(13-2)14-12(15)16;1-3-10-6-11(7-10)13-5-4-12-8-9(13)2;1-2/h3-6H,7-8H2,1-2H3,(H,14,16);9-12H,3-8H2,1-2H3;1-2H3. The van der Waals surface area contributed by atoms with Crippen LogP contribution in [-0.2, 0) is 0 Å². The van der Waals surface area contributed by atoms with Crippen LogP contribution in [0, 0.1) is 12.8 Å². The number of nitrogens with one attached hydrogen (secondary N) is 2. The van der Waals surface area contributed by atoms with E-state index in [1.54, 1.807) is 4.90 Å². The second kappa shape index (κ2) is 13.0. The van der Waals surface area contributed by atoms with Crippen molar-refractivity contribution in [2.45, 2.75) is 79.2 Å². The normalized spacial score (nSPS) is 27.0. The van der Waals surface area contributed by atoms with Gasteiger partial charge in [0, 0.05) is 31.7 Å². The molecule has 0 spiro atoms. The fraction of sp³-hybridized carbons (Fsp3) is 0.680. The average molecular weight is 426 g/mol. The van der Waals surface area contributed by atoms with Crippen LogP contribution >= 0.6 is 0 Å².